The molecule has 0 N–H and O–H groups in total. The van der Waals surface area contributed by atoms with Crippen LogP contribution in [0.1, 0.15) is 61.6 Å². The van der Waals surface area contributed by atoms with E-state index >= 15 is 0 Å². The van der Waals surface area contributed by atoms with Gasteiger partial charge in [-0.1, -0.05) is 13.8 Å². The summed E-state index contributed by atoms with van der Waals surface area (Å²) >= 11 is 0. The second-order valence-electron chi connectivity index (χ2n) is 6.59. The molecule has 2 aromatic rings. The molecule has 0 spiro atoms. The van der Waals surface area contributed by atoms with Crippen LogP contribution in [0.3, 0.4) is 0 Å². The highest BCUT2D eigenvalue weighted by atomic mass is 15.6. The van der Waals surface area contributed by atoms with Crippen LogP contribution in [0.5, 0.6) is 0 Å². The summed E-state index contributed by atoms with van der Waals surface area (Å²) in [7, 11) is 0. The van der Waals surface area contributed by atoms with Crippen LogP contribution >= 0.6 is 0 Å². The third kappa shape index (κ3) is 2.61. The van der Waals surface area contributed by atoms with Crippen molar-refractivity contribution < 1.29 is 0 Å². The van der Waals surface area contributed by atoms with Gasteiger partial charge in [0.15, 0.2) is 5.82 Å². The summed E-state index contributed by atoms with van der Waals surface area (Å²) < 4.78 is 2.00. The Morgan fingerprint density at radius 2 is 2.18 bits per heavy atom. The summed E-state index contributed by atoms with van der Waals surface area (Å²) in [6.07, 6.45) is 5.40. The van der Waals surface area contributed by atoms with Crippen molar-refractivity contribution in [3.05, 3.63) is 29.1 Å². The molecular formula is C15H21N7. The summed E-state index contributed by atoms with van der Waals surface area (Å²) in [5, 5.41) is 12.2. The van der Waals surface area contributed by atoms with Gasteiger partial charge in [-0.15, -0.1) is 5.10 Å². The lowest BCUT2D eigenvalue weighted by Crippen LogP contribution is -2.32. The molecule has 0 saturated heterocycles. The maximum Gasteiger partial charge on any atom is 0.165 e. The second-order valence-corrected chi connectivity index (χ2v) is 6.59. The van der Waals surface area contributed by atoms with E-state index in [0.717, 1.165) is 43.4 Å². The minimum atomic E-state index is 0.364. The van der Waals surface area contributed by atoms with Gasteiger partial charge in [-0.05, 0) is 35.3 Å². The topological polar surface area (TPSA) is 72.6 Å². The Bertz CT molecular complexity index is 674. The molecule has 0 radical (unpaired) electrons. The smallest absolute Gasteiger partial charge is 0.165 e. The molecule has 7 nitrogen and oxygen atoms in total. The van der Waals surface area contributed by atoms with Crippen LogP contribution in [-0.4, -0.2) is 41.6 Å². The molecule has 1 aliphatic carbocycles. The van der Waals surface area contributed by atoms with E-state index in [1.54, 1.807) is 0 Å². The summed E-state index contributed by atoms with van der Waals surface area (Å²) in [4.78, 5) is 11.6. The molecule has 2 aliphatic rings. The summed E-state index contributed by atoms with van der Waals surface area (Å²) in [6, 6.07) is 0.525. The zero-order chi connectivity index (χ0) is 15.1. The van der Waals surface area contributed by atoms with Crippen LogP contribution in [-0.2, 0) is 19.5 Å². The zero-order valence-electron chi connectivity index (χ0n) is 13.1. The molecule has 0 amide bonds. The fourth-order valence-corrected chi connectivity index (χ4v) is 2.90. The highest BCUT2D eigenvalue weighted by molar-refractivity contribution is 5.21. The van der Waals surface area contributed by atoms with E-state index < -0.39 is 0 Å². The molecule has 4 rings (SSSR count). The molecule has 0 bridgehead atoms. The summed E-state index contributed by atoms with van der Waals surface area (Å²) in [6.45, 7) is 6.92. The van der Waals surface area contributed by atoms with Crippen LogP contribution in [0.4, 0.5) is 0 Å². The number of aromatic nitrogens is 6. The molecule has 7 heteroatoms. The first-order chi connectivity index (χ1) is 10.7. The first kappa shape index (κ1) is 13.8. The lowest BCUT2D eigenvalue weighted by molar-refractivity contribution is 0.230. The van der Waals surface area contributed by atoms with Crippen molar-refractivity contribution >= 4 is 0 Å². The molecule has 0 atom stereocenters. The minimum absolute atomic E-state index is 0.364. The standard InChI is InChI=1S/C15H21N7/c1-10(2)15-16-7-11-5-6-21(8-13(11)17-15)9-14-18-19-20-22(14)12-3-4-12/h7,10,12H,3-6,8-9H2,1-2H3. The van der Waals surface area contributed by atoms with Gasteiger partial charge < -0.3 is 0 Å². The fraction of sp³-hybridized carbons (Fsp3) is 0.667. The first-order valence-electron chi connectivity index (χ1n) is 8.04. The van der Waals surface area contributed by atoms with Crippen LogP contribution < -0.4 is 0 Å². The number of rotatable bonds is 4. The lowest BCUT2D eigenvalue weighted by Gasteiger charge is -2.27. The Labute approximate surface area is 129 Å². The van der Waals surface area contributed by atoms with Gasteiger partial charge in [-0.3, -0.25) is 4.90 Å². The van der Waals surface area contributed by atoms with E-state index in [1.165, 1.54) is 18.4 Å². The van der Waals surface area contributed by atoms with Gasteiger partial charge in [0.2, 0.25) is 0 Å². The predicted molar refractivity (Wildman–Crippen MR) is 80.0 cm³/mol. The molecule has 2 aromatic heterocycles. The SMILES string of the molecule is CC(C)c1ncc2c(n1)CN(Cc1nnnn1C1CC1)CC2. The largest absolute Gasteiger partial charge is 0.290 e. The van der Waals surface area contributed by atoms with Gasteiger partial charge in [-0.25, -0.2) is 14.6 Å². The van der Waals surface area contributed by atoms with Gasteiger partial charge in [-0.2, -0.15) is 0 Å². The van der Waals surface area contributed by atoms with Crippen molar-refractivity contribution in [2.75, 3.05) is 6.54 Å². The molecule has 1 aliphatic heterocycles. The number of fused-ring (bicyclic) bond motifs is 1. The Balaban J connectivity index is 1.51. The molecule has 22 heavy (non-hydrogen) atoms. The Hall–Kier alpha value is -1.89. The molecule has 3 heterocycles. The fourth-order valence-electron chi connectivity index (χ4n) is 2.90. The van der Waals surface area contributed by atoms with Crippen LogP contribution in [0.25, 0.3) is 0 Å². The normalized spacial score (nSPS) is 18.7. The van der Waals surface area contributed by atoms with Crippen molar-refractivity contribution in [2.24, 2.45) is 0 Å². The first-order valence-corrected chi connectivity index (χ1v) is 8.04. The van der Waals surface area contributed by atoms with Crippen LogP contribution in [0, 0.1) is 0 Å². The molecule has 1 fully saturated rings. The molecule has 0 aromatic carbocycles. The lowest BCUT2D eigenvalue weighted by atomic mass is 10.1. The van der Waals surface area contributed by atoms with E-state index in [1.807, 2.05) is 10.9 Å². The second kappa shape index (κ2) is 5.39. The van der Waals surface area contributed by atoms with Gasteiger partial charge in [0, 0.05) is 25.2 Å². The number of nitrogens with zero attached hydrogens (tertiary/aromatic N) is 7. The third-order valence-corrected chi connectivity index (χ3v) is 4.38. The maximum absolute atomic E-state index is 4.75. The number of hydrogen-bond acceptors (Lipinski definition) is 6. The van der Waals surface area contributed by atoms with Gasteiger partial charge in [0.1, 0.15) is 5.82 Å². The van der Waals surface area contributed by atoms with Crippen LogP contribution in [0.2, 0.25) is 0 Å². The molecule has 1 saturated carbocycles. The monoisotopic (exact) mass is 299 g/mol. The Kier molecular flexibility index (Phi) is 3.37. The van der Waals surface area contributed by atoms with Crippen molar-refractivity contribution in [3.63, 3.8) is 0 Å². The van der Waals surface area contributed by atoms with E-state index in [0.29, 0.717) is 12.0 Å². The minimum Gasteiger partial charge on any atom is -0.290 e. The molecule has 116 valence electrons. The molecule has 0 unspecified atom stereocenters. The van der Waals surface area contributed by atoms with E-state index in [9.17, 15) is 0 Å². The number of hydrogen-bond donors (Lipinski definition) is 0. The van der Waals surface area contributed by atoms with Crippen molar-refractivity contribution in [1.82, 2.24) is 35.1 Å². The van der Waals surface area contributed by atoms with Crippen LogP contribution in [0.15, 0.2) is 6.20 Å². The highest BCUT2D eigenvalue weighted by Crippen LogP contribution is 2.34. The maximum atomic E-state index is 4.75. The zero-order valence-corrected chi connectivity index (χ0v) is 13.1. The quantitative estimate of drug-likeness (QED) is 0.851. The Morgan fingerprint density at radius 1 is 1.32 bits per heavy atom. The highest BCUT2D eigenvalue weighted by Gasteiger charge is 2.29. The van der Waals surface area contributed by atoms with Crippen molar-refractivity contribution in [1.29, 1.82) is 0 Å². The van der Waals surface area contributed by atoms with Crippen molar-refractivity contribution in [3.8, 4) is 0 Å². The summed E-state index contributed by atoms with van der Waals surface area (Å²) in [5.74, 6) is 2.27. The van der Waals surface area contributed by atoms with E-state index in [4.69, 9.17) is 4.98 Å². The van der Waals surface area contributed by atoms with E-state index in [2.05, 4.69) is 39.3 Å². The predicted octanol–water partition coefficient (Wildman–Crippen LogP) is 1.48. The third-order valence-electron chi connectivity index (χ3n) is 4.38. The van der Waals surface area contributed by atoms with Gasteiger partial charge in [0.05, 0.1) is 18.3 Å². The average Bonchev–Trinajstić information content (AvgIpc) is 3.26. The summed E-state index contributed by atoms with van der Waals surface area (Å²) in [5.41, 5.74) is 2.44. The van der Waals surface area contributed by atoms with E-state index in [-0.39, 0.29) is 0 Å². The Morgan fingerprint density at radius 3 is 2.95 bits per heavy atom. The molecular weight excluding hydrogens is 278 g/mol. The van der Waals surface area contributed by atoms with Crippen molar-refractivity contribution in [2.45, 2.75) is 58.2 Å². The van der Waals surface area contributed by atoms with Gasteiger partial charge >= 0.3 is 0 Å². The average molecular weight is 299 g/mol. The van der Waals surface area contributed by atoms with Gasteiger partial charge in [0.25, 0.3) is 0 Å². The number of tetrazole rings is 1.